The molecular formula is C12H18BrNO. The standard InChI is InChI=1S/C12H18BrNO/c1-9(2)14-8-12(15)7-10-4-3-5-11(13)6-10/h3-6,9,12,14-15H,7-8H2,1-2H3. The van der Waals surface area contributed by atoms with E-state index in [-0.39, 0.29) is 6.10 Å². The highest BCUT2D eigenvalue weighted by atomic mass is 79.9. The molecule has 0 spiro atoms. The lowest BCUT2D eigenvalue weighted by Gasteiger charge is -2.14. The first kappa shape index (κ1) is 12.7. The van der Waals surface area contributed by atoms with Crippen molar-refractivity contribution in [2.24, 2.45) is 0 Å². The van der Waals surface area contributed by atoms with E-state index in [2.05, 4.69) is 35.1 Å². The highest BCUT2D eigenvalue weighted by Gasteiger charge is 2.06. The second-order valence-corrected chi connectivity index (χ2v) is 4.97. The number of hydrogen-bond donors (Lipinski definition) is 2. The molecule has 0 aliphatic heterocycles. The molecule has 1 aromatic carbocycles. The molecule has 0 bridgehead atoms. The van der Waals surface area contributed by atoms with Gasteiger partial charge in [0.1, 0.15) is 0 Å². The minimum atomic E-state index is -0.318. The van der Waals surface area contributed by atoms with E-state index in [1.807, 2.05) is 24.3 Å². The van der Waals surface area contributed by atoms with Gasteiger partial charge in [-0.05, 0) is 24.1 Å². The van der Waals surface area contributed by atoms with Crippen LogP contribution < -0.4 is 5.32 Å². The van der Waals surface area contributed by atoms with Gasteiger partial charge in [-0.2, -0.15) is 0 Å². The summed E-state index contributed by atoms with van der Waals surface area (Å²) in [5, 5.41) is 13.0. The minimum Gasteiger partial charge on any atom is -0.391 e. The second-order valence-electron chi connectivity index (χ2n) is 4.05. The Balaban J connectivity index is 2.40. The van der Waals surface area contributed by atoms with Crippen molar-refractivity contribution in [3.63, 3.8) is 0 Å². The zero-order valence-electron chi connectivity index (χ0n) is 9.20. The zero-order chi connectivity index (χ0) is 11.3. The molecule has 0 amide bonds. The lowest BCUT2D eigenvalue weighted by atomic mass is 10.1. The van der Waals surface area contributed by atoms with Gasteiger partial charge in [0.25, 0.3) is 0 Å². The first-order valence-corrected chi connectivity index (χ1v) is 6.03. The van der Waals surface area contributed by atoms with E-state index < -0.39 is 0 Å². The number of aliphatic hydroxyl groups excluding tert-OH is 1. The van der Waals surface area contributed by atoms with E-state index in [0.29, 0.717) is 19.0 Å². The predicted molar refractivity (Wildman–Crippen MR) is 67.0 cm³/mol. The Hall–Kier alpha value is -0.380. The van der Waals surface area contributed by atoms with Crippen molar-refractivity contribution in [1.29, 1.82) is 0 Å². The monoisotopic (exact) mass is 271 g/mol. The summed E-state index contributed by atoms with van der Waals surface area (Å²) in [6, 6.07) is 8.47. The third kappa shape index (κ3) is 5.30. The van der Waals surface area contributed by atoms with Gasteiger partial charge in [-0.1, -0.05) is 41.9 Å². The molecule has 0 aromatic heterocycles. The van der Waals surface area contributed by atoms with Gasteiger partial charge < -0.3 is 10.4 Å². The van der Waals surface area contributed by atoms with E-state index in [0.717, 1.165) is 10.0 Å². The van der Waals surface area contributed by atoms with Gasteiger partial charge in [0.15, 0.2) is 0 Å². The maximum atomic E-state index is 9.76. The number of benzene rings is 1. The number of aliphatic hydroxyl groups is 1. The van der Waals surface area contributed by atoms with Crippen LogP contribution in [-0.2, 0) is 6.42 Å². The van der Waals surface area contributed by atoms with Gasteiger partial charge in [0.05, 0.1) is 6.10 Å². The van der Waals surface area contributed by atoms with E-state index >= 15 is 0 Å². The van der Waals surface area contributed by atoms with Crippen LogP contribution in [0.25, 0.3) is 0 Å². The maximum absolute atomic E-state index is 9.76. The molecule has 2 N–H and O–H groups in total. The van der Waals surface area contributed by atoms with E-state index in [1.165, 1.54) is 0 Å². The molecule has 1 unspecified atom stereocenters. The van der Waals surface area contributed by atoms with Crippen molar-refractivity contribution in [3.8, 4) is 0 Å². The quantitative estimate of drug-likeness (QED) is 0.862. The van der Waals surface area contributed by atoms with Gasteiger partial charge in [-0.15, -0.1) is 0 Å². The number of hydrogen-bond acceptors (Lipinski definition) is 2. The molecule has 0 fully saturated rings. The molecule has 15 heavy (non-hydrogen) atoms. The van der Waals surface area contributed by atoms with E-state index in [9.17, 15) is 5.11 Å². The minimum absolute atomic E-state index is 0.318. The third-order valence-corrected chi connectivity index (χ3v) is 2.62. The summed E-state index contributed by atoms with van der Waals surface area (Å²) in [6.07, 6.45) is 0.376. The SMILES string of the molecule is CC(C)NCC(O)Cc1cccc(Br)c1. The summed E-state index contributed by atoms with van der Waals surface area (Å²) < 4.78 is 1.06. The van der Waals surface area contributed by atoms with Gasteiger partial charge in [0.2, 0.25) is 0 Å². The zero-order valence-corrected chi connectivity index (χ0v) is 10.8. The Morgan fingerprint density at radius 2 is 2.13 bits per heavy atom. The van der Waals surface area contributed by atoms with Crippen LogP contribution in [0.5, 0.6) is 0 Å². The fourth-order valence-electron chi connectivity index (χ4n) is 1.38. The Bertz CT molecular complexity index is 301. The number of halogens is 1. The van der Waals surface area contributed by atoms with Crippen LogP contribution in [0.1, 0.15) is 19.4 Å². The van der Waals surface area contributed by atoms with Crippen molar-refractivity contribution < 1.29 is 5.11 Å². The molecule has 1 rings (SSSR count). The van der Waals surface area contributed by atoms with Gasteiger partial charge >= 0.3 is 0 Å². The molecule has 0 aliphatic carbocycles. The van der Waals surface area contributed by atoms with Crippen LogP contribution in [0.15, 0.2) is 28.7 Å². The smallest absolute Gasteiger partial charge is 0.0704 e. The van der Waals surface area contributed by atoms with Crippen molar-refractivity contribution in [2.75, 3.05) is 6.54 Å². The summed E-state index contributed by atoms with van der Waals surface area (Å²) in [6.45, 7) is 4.79. The van der Waals surface area contributed by atoms with Gasteiger partial charge in [-0.3, -0.25) is 0 Å². The summed E-state index contributed by atoms with van der Waals surface area (Å²) in [5.41, 5.74) is 1.16. The van der Waals surface area contributed by atoms with Crippen LogP contribution in [0.2, 0.25) is 0 Å². The lowest BCUT2D eigenvalue weighted by molar-refractivity contribution is 0.169. The average molecular weight is 272 g/mol. The van der Waals surface area contributed by atoms with Crippen LogP contribution in [0.4, 0.5) is 0 Å². The molecular weight excluding hydrogens is 254 g/mol. The van der Waals surface area contributed by atoms with Crippen LogP contribution in [-0.4, -0.2) is 23.8 Å². The molecule has 0 radical (unpaired) electrons. The predicted octanol–water partition coefficient (Wildman–Crippen LogP) is 2.35. The molecule has 1 aromatic rings. The topological polar surface area (TPSA) is 32.3 Å². The lowest BCUT2D eigenvalue weighted by Crippen LogP contribution is -2.32. The fourth-order valence-corrected chi connectivity index (χ4v) is 1.83. The number of nitrogens with one attached hydrogen (secondary N) is 1. The molecule has 2 nitrogen and oxygen atoms in total. The van der Waals surface area contributed by atoms with Crippen LogP contribution in [0, 0.1) is 0 Å². The third-order valence-electron chi connectivity index (χ3n) is 2.12. The highest BCUT2D eigenvalue weighted by Crippen LogP contribution is 2.12. The first-order valence-electron chi connectivity index (χ1n) is 5.24. The molecule has 84 valence electrons. The summed E-state index contributed by atoms with van der Waals surface area (Å²) >= 11 is 3.42. The Kier molecular flexibility index (Phi) is 5.29. The number of rotatable bonds is 5. The Morgan fingerprint density at radius 1 is 1.40 bits per heavy atom. The highest BCUT2D eigenvalue weighted by molar-refractivity contribution is 9.10. The van der Waals surface area contributed by atoms with E-state index in [1.54, 1.807) is 0 Å². The molecule has 0 aliphatic rings. The van der Waals surface area contributed by atoms with Crippen molar-refractivity contribution in [2.45, 2.75) is 32.4 Å². The molecule has 0 saturated heterocycles. The van der Waals surface area contributed by atoms with Gasteiger partial charge in [0, 0.05) is 17.1 Å². The van der Waals surface area contributed by atoms with Crippen molar-refractivity contribution in [1.82, 2.24) is 5.32 Å². The summed E-state index contributed by atoms with van der Waals surface area (Å²) in [7, 11) is 0. The van der Waals surface area contributed by atoms with Crippen molar-refractivity contribution in [3.05, 3.63) is 34.3 Å². The summed E-state index contributed by atoms with van der Waals surface area (Å²) in [4.78, 5) is 0. The fraction of sp³-hybridized carbons (Fsp3) is 0.500. The molecule has 0 saturated carbocycles. The van der Waals surface area contributed by atoms with Crippen molar-refractivity contribution >= 4 is 15.9 Å². The maximum Gasteiger partial charge on any atom is 0.0704 e. The molecule has 1 atom stereocenters. The Labute approximate surface area is 99.8 Å². The van der Waals surface area contributed by atoms with Crippen LogP contribution >= 0.6 is 15.9 Å². The normalized spacial score (nSPS) is 13.1. The average Bonchev–Trinajstić information content (AvgIpc) is 2.15. The van der Waals surface area contributed by atoms with Gasteiger partial charge in [-0.25, -0.2) is 0 Å². The summed E-state index contributed by atoms with van der Waals surface area (Å²) in [5.74, 6) is 0. The van der Waals surface area contributed by atoms with E-state index in [4.69, 9.17) is 0 Å². The largest absolute Gasteiger partial charge is 0.391 e. The molecule has 3 heteroatoms. The first-order chi connectivity index (χ1) is 7.08. The Morgan fingerprint density at radius 3 is 2.73 bits per heavy atom. The molecule has 0 heterocycles. The second kappa shape index (κ2) is 6.26. The van der Waals surface area contributed by atoms with Crippen LogP contribution in [0.3, 0.4) is 0 Å².